The van der Waals surface area contributed by atoms with E-state index < -0.39 is 0 Å². The fourth-order valence-electron chi connectivity index (χ4n) is 2.55. The van der Waals surface area contributed by atoms with Gasteiger partial charge >= 0.3 is 0 Å². The molecule has 2 aromatic rings. The van der Waals surface area contributed by atoms with Crippen LogP contribution in [0.3, 0.4) is 0 Å². The summed E-state index contributed by atoms with van der Waals surface area (Å²) < 4.78 is 0. The molecule has 110 valence electrons. The van der Waals surface area contributed by atoms with Gasteiger partial charge in [-0.25, -0.2) is 4.98 Å². The Kier molecular flexibility index (Phi) is 3.97. The molecule has 0 bridgehead atoms. The lowest BCUT2D eigenvalue weighted by Crippen LogP contribution is -2.35. The third-order valence-electron chi connectivity index (χ3n) is 3.60. The van der Waals surface area contributed by atoms with E-state index >= 15 is 0 Å². The molecule has 0 spiro atoms. The van der Waals surface area contributed by atoms with Gasteiger partial charge in [0.25, 0.3) is 5.56 Å². The zero-order valence-electron chi connectivity index (χ0n) is 11.5. The van der Waals surface area contributed by atoms with E-state index in [1.807, 2.05) is 0 Å². The highest BCUT2D eigenvalue weighted by Gasteiger charge is 2.22. The molecule has 1 aliphatic heterocycles. The Hall–Kier alpha value is -1.43. The predicted octanol–water partition coefficient (Wildman–Crippen LogP) is 2.34. The number of hydrogen-bond acceptors (Lipinski definition) is 4. The van der Waals surface area contributed by atoms with E-state index in [4.69, 9.17) is 23.2 Å². The molecule has 0 saturated carbocycles. The van der Waals surface area contributed by atoms with E-state index in [2.05, 4.69) is 19.9 Å². The number of aryl methyl sites for hydroxylation is 1. The monoisotopic (exact) mass is 324 g/mol. The van der Waals surface area contributed by atoms with Crippen LogP contribution < -0.4 is 5.56 Å². The van der Waals surface area contributed by atoms with Crippen molar-refractivity contribution in [2.75, 3.05) is 6.54 Å². The van der Waals surface area contributed by atoms with Crippen LogP contribution in [0.15, 0.2) is 17.2 Å². The molecule has 21 heavy (non-hydrogen) atoms. The fourth-order valence-corrected chi connectivity index (χ4v) is 3.04. The van der Waals surface area contributed by atoms with Gasteiger partial charge in [-0.2, -0.15) is 0 Å². The van der Waals surface area contributed by atoms with Crippen LogP contribution in [0.25, 0.3) is 0 Å². The average Bonchev–Trinajstić information content (AvgIpc) is 2.43. The van der Waals surface area contributed by atoms with Crippen LogP contribution >= 0.6 is 23.2 Å². The first kappa shape index (κ1) is 14.5. The summed E-state index contributed by atoms with van der Waals surface area (Å²) in [6.07, 6.45) is 3.91. The molecule has 2 aromatic heterocycles. The van der Waals surface area contributed by atoms with Gasteiger partial charge < -0.3 is 4.98 Å². The molecule has 0 unspecified atom stereocenters. The maximum atomic E-state index is 12.0. The lowest BCUT2D eigenvalue weighted by Gasteiger charge is -2.28. The largest absolute Gasteiger partial charge is 0.310 e. The van der Waals surface area contributed by atoms with Crippen molar-refractivity contribution in [3.8, 4) is 0 Å². The Morgan fingerprint density at radius 1 is 1.33 bits per heavy atom. The lowest BCUT2D eigenvalue weighted by molar-refractivity contribution is 0.241. The molecule has 0 atom stereocenters. The van der Waals surface area contributed by atoms with Gasteiger partial charge in [0.05, 0.1) is 21.3 Å². The fraction of sp³-hybridized carbons (Fsp3) is 0.357. The van der Waals surface area contributed by atoms with E-state index in [1.54, 1.807) is 19.3 Å². The van der Waals surface area contributed by atoms with Crippen LogP contribution in [0.5, 0.6) is 0 Å². The van der Waals surface area contributed by atoms with Crippen molar-refractivity contribution < 1.29 is 0 Å². The summed E-state index contributed by atoms with van der Waals surface area (Å²) in [5, 5.41) is 1.09. The second kappa shape index (κ2) is 5.75. The maximum absolute atomic E-state index is 12.0. The molecule has 0 amide bonds. The topological polar surface area (TPSA) is 61.9 Å². The molecular formula is C14H14Cl2N4O. The first-order valence-corrected chi connectivity index (χ1v) is 7.39. The summed E-state index contributed by atoms with van der Waals surface area (Å²) in [5.41, 5.74) is 2.40. The van der Waals surface area contributed by atoms with Crippen LogP contribution in [0, 0.1) is 6.92 Å². The molecule has 3 rings (SSSR count). The van der Waals surface area contributed by atoms with Gasteiger partial charge in [0.1, 0.15) is 5.82 Å². The highest BCUT2D eigenvalue weighted by molar-refractivity contribution is 6.35. The van der Waals surface area contributed by atoms with Gasteiger partial charge in [-0.1, -0.05) is 23.2 Å². The third-order valence-corrected chi connectivity index (χ3v) is 4.25. The molecule has 7 heteroatoms. The molecule has 5 nitrogen and oxygen atoms in total. The van der Waals surface area contributed by atoms with E-state index in [0.717, 1.165) is 29.8 Å². The molecule has 0 saturated heterocycles. The highest BCUT2D eigenvalue weighted by atomic mass is 35.5. The van der Waals surface area contributed by atoms with Crippen LogP contribution in [-0.4, -0.2) is 26.4 Å². The minimum atomic E-state index is -0.0610. The summed E-state index contributed by atoms with van der Waals surface area (Å²) in [4.78, 5) is 25.3. The summed E-state index contributed by atoms with van der Waals surface area (Å²) in [6.45, 7) is 3.75. The van der Waals surface area contributed by atoms with Crippen molar-refractivity contribution in [2.24, 2.45) is 0 Å². The van der Waals surface area contributed by atoms with E-state index in [-0.39, 0.29) is 5.56 Å². The standard InChI is InChI=1S/C14H14Cl2N4O/c1-8-18-13-2-3-20(7-10(13)14(21)19-8)6-9-11(15)4-17-5-12(9)16/h4-5H,2-3,6-7H2,1H3,(H,18,19,21). The molecule has 0 fully saturated rings. The summed E-state index contributed by atoms with van der Waals surface area (Å²) in [5.74, 6) is 0.660. The van der Waals surface area contributed by atoms with Gasteiger partial charge in [0.2, 0.25) is 0 Å². The zero-order valence-corrected chi connectivity index (χ0v) is 13.0. The molecule has 3 heterocycles. The van der Waals surface area contributed by atoms with Crippen LogP contribution in [-0.2, 0) is 19.5 Å². The number of aromatic amines is 1. The second-order valence-electron chi connectivity index (χ2n) is 5.12. The van der Waals surface area contributed by atoms with E-state index in [0.29, 0.717) is 29.0 Å². The number of nitrogens with zero attached hydrogens (tertiary/aromatic N) is 3. The van der Waals surface area contributed by atoms with Gasteiger partial charge in [0, 0.05) is 44.0 Å². The Balaban J connectivity index is 1.86. The Labute approximate surface area is 131 Å². The van der Waals surface area contributed by atoms with Crippen molar-refractivity contribution in [1.29, 1.82) is 0 Å². The maximum Gasteiger partial charge on any atom is 0.255 e. The first-order chi connectivity index (χ1) is 10.0. The normalized spacial score (nSPS) is 15.0. The minimum Gasteiger partial charge on any atom is -0.310 e. The number of aromatic nitrogens is 3. The van der Waals surface area contributed by atoms with Crippen molar-refractivity contribution in [3.05, 3.63) is 55.4 Å². The van der Waals surface area contributed by atoms with Crippen molar-refractivity contribution >= 4 is 23.2 Å². The van der Waals surface area contributed by atoms with Crippen molar-refractivity contribution in [1.82, 2.24) is 19.9 Å². The number of fused-ring (bicyclic) bond motifs is 1. The van der Waals surface area contributed by atoms with Gasteiger partial charge in [-0.15, -0.1) is 0 Å². The number of hydrogen-bond donors (Lipinski definition) is 1. The zero-order chi connectivity index (χ0) is 15.0. The smallest absolute Gasteiger partial charge is 0.255 e. The van der Waals surface area contributed by atoms with Gasteiger partial charge in [-0.3, -0.25) is 14.7 Å². The summed E-state index contributed by atoms with van der Waals surface area (Å²) in [6, 6.07) is 0. The Bertz CT molecular complexity index is 724. The average molecular weight is 325 g/mol. The Morgan fingerprint density at radius 3 is 2.76 bits per heavy atom. The summed E-state index contributed by atoms with van der Waals surface area (Å²) >= 11 is 12.3. The molecule has 0 radical (unpaired) electrons. The predicted molar refractivity (Wildman–Crippen MR) is 81.7 cm³/mol. The lowest BCUT2D eigenvalue weighted by atomic mass is 10.1. The first-order valence-electron chi connectivity index (χ1n) is 6.63. The van der Waals surface area contributed by atoms with Gasteiger partial charge in [0.15, 0.2) is 0 Å². The SMILES string of the molecule is Cc1nc2c(c(=O)[nH]1)CN(Cc1c(Cl)cncc1Cl)CC2. The number of nitrogens with one attached hydrogen (secondary N) is 1. The van der Waals surface area contributed by atoms with Crippen LogP contribution in [0.2, 0.25) is 10.0 Å². The molecule has 0 aromatic carbocycles. The second-order valence-corrected chi connectivity index (χ2v) is 5.93. The van der Waals surface area contributed by atoms with Crippen molar-refractivity contribution in [3.63, 3.8) is 0 Å². The van der Waals surface area contributed by atoms with E-state index in [1.165, 1.54) is 0 Å². The quantitative estimate of drug-likeness (QED) is 0.921. The summed E-state index contributed by atoms with van der Waals surface area (Å²) in [7, 11) is 0. The Morgan fingerprint density at radius 2 is 2.05 bits per heavy atom. The van der Waals surface area contributed by atoms with Crippen molar-refractivity contribution in [2.45, 2.75) is 26.4 Å². The van der Waals surface area contributed by atoms with Gasteiger partial charge in [-0.05, 0) is 6.92 Å². The number of pyridine rings is 1. The molecule has 1 aliphatic rings. The molecular weight excluding hydrogens is 311 g/mol. The van der Waals surface area contributed by atoms with Crippen LogP contribution in [0.1, 0.15) is 22.6 Å². The van der Waals surface area contributed by atoms with E-state index in [9.17, 15) is 4.79 Å². The van der Waals surface area contributed by atoms with Crippen LogP contribution in [0.4, 0.5) is 0 Å². The number of H-pyrrole nitrogens is 1. The number of halogens is 2. The number of rotatable bonds is 2. The molecule has 1 N–H and O–H groups in total. The highest BCUT2D eigenvalue weighted by Crippen LogP contribution is 2.26. The third kappa shape index (κ3) is 2.95. The molecule has 0 aliphatic carbocycles. The minimum absolute atomic E-state index is 0.0610.